The summed E-state index contributed by atoms with van der Waals surface area (Å²) < 4.78 is 4.78. The number of fused-ring (bicyclic) bond motifs is 2. The minimum Gasteiger partial charge on any atom is -0.445 e. The van der Waals surface area contributed by atoms with Gasteiger partial charge in [-0.1, -0.05) is 48.0 Å². The first-order chi connectivity index (χ1) is 13.0. The van der Waals surface area contributed by atoms with E-state index in [0.717, 1.165) is 16.7 Å². The maximum atomic E-state index is 12.4. The van der Waals surface area contributed by atoms with Gasteiger partial charge in [0.2, 0.25) is 0 Å². The van der Waals surface area contributed by atoms with E-state index in [1.165, 1.54) is 11.9 Å². The summed E-state index contributed by atoms with van der Waals surface area (Å²) in [7, 11) is 1.52. The van der Waals surface area contributed by atoms with E-state index in [4.69, 9.17) is 16.3 Å². The second-order valence-electron chi connectivity index (χ2n) is 6.03. The first-order valence-electron chi connectivity index (χ1n) is 8.48. The van der Waals surface area contributed by atoms with Crippen molar-refractivity contribution in [1.82, 2.24) is 10.6 Å². The molecule has 0 fully saturated rings. The van der Waals surface area contributed by atoms with Gasteiger partial charge in [-0.2, -0.15) is 0 Å². The molecule has 1 atom stereocenters. The number of anilines is 1. The standard InChI is InChI=1S/C19H20ClN3O4/c1-21-16(24)11-27-19(26)22-18(25)23-10-9-14-13(7-8-15(23)17(14)20)12-5-3-2-4-6-12/h2-8,16,21,24H,9-11H2,1H3,(H,22,25,26). The van der Waals surface area contributed by atoms with Crippen molar-refractivity contribution in [3.63, 3.8) is 0 Å². The van der Waals surface area contributed by atoms with Gasteiger partial charge in [-0.25, -0.2) is 14.9 Å². The van der Waals surface area contributed by atoms with Crippen LogP contribution in [-0.4, -0.2) is 43.7 Å². The minimum atomic E-state index is -0.997. The smallest absolute Gasteiger partial charge is 0.415 e. The molecule has 1 heterocycles. The highest BCUT2D eigenvalue weighted by Gasteiger charge is 2.28. The zero-order valence-electron chi connectivity index (χ0n) is 14.7. The highest BCUT2D eigenvalue weighted by atomic mass is 35.5. The zero-order chi connectivity index (χ0) is 19.4. The van der Waals surface area contributed by atoms with E-state index < -0.39 is 18.4 Å². The zero-order valence-corrected chi connectivity index (χ0v) is 15.5. The van der Waals surface area contributed by atoms with Crippen molar-refractivity contribution in [1.29, 1.82) is 0 Å². The van der Waals surface area contributed by atoms with Gasteiger partial charge in [0.15, 0.2) is 0 Å². The van der Waals surface area contributed by atoms with Gasteiger partial charge in [-0.05, 0) is 36.2 Å². The molecule has 1 unspecified atom stereocenters. The van der Waals surface area contributed by atoms with Crippen LogP contribution < -0.4 is 15.5 Å². The molecule has 0 aromatic heterocycles. The molecule has 8 heteroatoms. The summed E-state index contributed by atoms with van der Waals surface area (Å²) in [4.78, 5) is 25.5. The lowest BCUT2D eigenvalue weighted by Crippen LogP contribution is -2.46. The Morgan fingerprint density at radius 3 is 2.70 bits per heavy atom. The number of hydrogen-bond donors (Lipinski definition) is 3. The summed E-state index contributed by atoms with van der Waals surface area (Å²) in [5.41, 5.74) is 3.61. The molecule has 0 saturated carbocycles. The quantitative estimate of drug-likeness (QED) is 0.699. The Kier molecular flexibility index (Phi) is 5.95. The molecule has 2 aromatic carbocycles. The van der Waals surface area contributed by atoms with Crippen LogP contribution >= 0.6 is 11.6 Å². The van der Waals surface area contributed by atoms with Gasteiger partial charge in [-0.3, -0.25) is 10.2 Å². The molecule has 1 aliphatic heterocycles. The van der Waals surface area contributed by atoms with Gasteiger partial charge in [0.1, 0.15) is 12.8 Å². The number of rotatable bonds is 4. The first-order valence-corrected chi connectivity index (χ1v) is 8.86. The average molecular weight is 390 g/mol. The Morgan fingerprint density at radius 2 is 2.00 bits per heavy atom. The number of aliphatic hydroxyl groups excluding tert-OH is 1. The lowest BCUT2D eigenvalue weighted by molar-refractivity contribution is 0.0547. The Bertz CT molecular complexity index is 844. The molecule has 3 N–H and O–H groups in total. The molecule has 2 bridgehead atoms. The number of nitrogens with zero attached hydrogens (tertiary/aromatic N) is 1. The van der Waals surface area contributed by atoms with Crippen LogP contribution in [0.2, 0.25) is 5.02 Å². The molecule has 142 valence electrons. The second kappa shape index (κ2) is 8.39. The minimum absolute atomic E-state index is 0.272. The number of ether oxygens (including phenoxy) is 1. The number of amides is 3. The molecule has 3 amide bonds. The number of nitrogens with one attached hydrogen (secondary N) is 2. The average Bonchev–Trinajstić information content (AvgIpc) is 2.66. The van der Waals surface area contributed by atoms with Crippen molar-refractivity contribution in [2.24, 2.45) is 0 Å². The van der Waals surface area contributed by atoms with Crippen molar-refractivity contribution in [3.05, 3.63) is 53.1 Å². The van der Waals surface area contributed by atoms with Crippen molar-refractivity contribution in [2.75, 3.05) is 25.1 Å². The third-order valence-electron chi connectivity index (χ3n) is 4.34. The molecule has 3 rings (SSSR count). The SMILES string of the molecule is CNC(O)COC(=O)NC(=O)N1CCc2c(-c3ccccc3)ccc1c2Cl. The molecule has 0 spiro atoms. The third-order valence-corrected chi connectivity index (χ3v) is 4.77. The molecule has 27 heavy (non-hydrogen) atoms. The number of halogens is 1. The Morgan fingerprint density at radius 1 is 1.26 bits per heavy atom. The molecule has 0 saturated heterocycles. The van der Waals surface area contributed by atoms with E-state index in [2.05, 4.69) is 10.6 Å². The number of aliphatic hydroxyl groups is 1. The summed E-state index contributed by atoms with van der Waals surface area (Å²) in [5, 5.41) is 14.5. The van der Waals surface area contributed by atoms with Gasteiger partial charge in [-0.15, -0.1) is 0 Å². The van der Waals surface area contributed by atoms with Crippen LogP contribution in [0.5, 0.6) is 0 Å². The molecule has 1 aliphatic rings. The van der Waals surface area contributed by atoms with Gasteiger partial charge in [0.05, 0.1) is 10.7 Å². The Labute approximate surface area is 161 Å². The lowest BCUT2D eigenvalue weighted by atomic mass is 9.94. The second-order valence-corrected chi connectivity index (χ2v) is 6.40. The number of imide groups is 1. The van der Waals surface area contributed by atoms with E-state index in [-0.39, 0.29) is 6.61 Å². The predicted octanol–water partition coefficient (Wildman–Crippen LogP) is 2.75. The monoisotopic (exact) mass is 389 g/mol. The number of hydrogen-bond acceptors (Lipinski definition) is 5. The third kappa shape index (κ3) is 4.21. The van der Waals surface area contributed by atoms with Crippen molar-refractivity contribution >= 4 is 29.4 Å². The van der Waals surface area contributed by atoms with Crippen LogP contribution in [0.25, 0.3) is 11.1 Å². The van der Waals surface area contributed by atoms with Gasteiger partial charge in [0.25, 0.3) is 0 Å². The number of benzene rings is 2. The molecular formula is C19H20ClN3O4. The molecule has 7 nitrogen and oxygen atoms in total. The van der Waals surface area contributed by atoms with Gasteiger partial charge < -0.3 is 9.84 Å². The van der Waals surface area contributed by atoms with Crippen molar-refractivity contribution < 1.29 is 19.4 Å². The maximum absolute atomic E-state index is 12.4. The Balaban J connectivity index is 1.73. The topological polar surface area (TPSA) is 90.9 Å². The highest BCUT2D eigenvalue weighted by molar-refractivity contribution is 6.35. The number of alkyl carbamates (subject to hydrolysis) is 1. The van der Waals surface area contributed by atoms with Crippen LogP contribution in [0.1, 0.15) is 5.56 Å². The van der Waals surface area contributed by atoms with Crippen LogP contribution in [-0.2, 0) is 11.2 Å². The van der Waals surface area contributed by atoms with E-state index in [9.17, 15) is 14.7 Å². The lowest BCUT2D eigenvalue weighted by Gasteiger charge is -2.30. The van der Waals surface area contributed by atoms with E-state index in [1.807, 2.05) is 36.4 Å². The van der Waals surface area contributed by atoms with Crippen molar-refractivity contribution in [3.8, 4) is 11.1 Å². The molecule has 0 radical (unpaired) electrons. The number of likely N-dealkylation sites (N-methyl/N-ethyl adjacent to an activating group) is 1. The maximum Gasteiger partial charge on any atom is 0.415 e. The first kappa shape index (κ1) is 19.2. The van der Waals surface area contributed by atoms with Gasteiger partial charge in [0, 0.05) is 6.54 Å². The fourth-order valence-electron chi connectivity index (χ4n) is 2.93. The fraction of sp³-hybridized carbons (Fsp3) is 0.263. The van der Waals surface area contributed by atoms with Crippen molar-refractivity contribution in [2.45, 2.75) is 12.6 Å². The van der Waals surface area contributed by atoms with Crippen LogP contribution in [0.4, 0.5) is 15.3 Å². The Hall–Kier alpha value is -2.61. The summed E-state index contributed by atoms with van der Waals surface area (Å²) in [6.45, 7) is 0.117. The molecule has 2 aromatic rings. The van der Waals surface area contributed by atoms with Crippen LogP contribution in [0.3, 0.4) is 0 Å². The predicted molar refractivity (Wildman–Crippen MR) is 103 cm³/mol. The largest absolute Gasteiger partial charge is 0.445 e. The molecular weight excluding hydrogens is 370 g/mol. The molecule has 0 aliphatic carbocycles. The normalized spacial score (nSPS) is 13.8. The highest BCUT2D eigenvalue weighted by Crippen LogP contribution is 2.39. The van der Waals surface area contributed by atoms with Crippen LogP contribution in [0, 0.1) is 0 Å². The summed E-state index contributed by atoms with van der Waals surface area (Å²) in [5.74, 6) is 0. The van der Waals surface area contributed by atoms with E-state index >= 15 is 0 Å². The van der Waals surface area contributed by atoms with E-state index in [1.54, 1.807) is 6.07 Å². The van der Waals surface area contributed by atoms with E-state index in [0.29, 0.717) is 23.7 Å². The number of urea groups is 1. The van der Waals surface area contributed by atoms with Crippen LogP contribution in [0.15, 0.2) is 42.5 Å². The summed E-state index contributed by atoms with van der Waals surface area (Å²) >= 11 is 6.52. The van der Waals surface area contributed by atoms with Gasteiger partial charge >= 0.3 is 12.1 Å². The number of carbonyl (C=O) groups excluding carboxylic acids is 2. The summed E-state index contributed by atoms with van der Waals surface area (Å²) in [6.07, 6.45) is -1.36. The summed E-state index contributed by atoms with van der Waals surface area (Å²) in [6, 6.07) is 13.0. The fourth-order valence-corrected chi connectivity index (χ4v) is 3.30. The number of carbonyl (C=O) groups is 2.